The molecule has 0 saturated carbocycles. The number of aromatic nitrogens is 1. The maximum absolute atomic E-state index is 5.83. The van der Waals surface area contributed by atoms with E-state index in [-0.39, 0.29) is 0 Å². The molecule has 0 atom stereocenters. The Balaban J connectivity index is 1.79. The molecule has 0 spiro atoms. The number of anilines is 1. The van der Waals surface area contributed by atoms with Crippen molar-refractivity contribution >= 4 is 17.4 Å². The Morgan fingerprint density at radius 3 is 2.88 bits per heavy atom. The summed E-state index contributed by atoms with van der Waals surface area (Å²) in [4.78, 5) is 6.60. The van der Waals surface area contributed by atoms with E-state index >= 15 is 0 Å². The van der Waals surface area contributed by atoms with Crippen molar-refractivity contribution in [2.75, 3.05) is 32.0 Å². The van der Waals surface area contributed by atoms with E-state index in [1.54, 1.807) is 6.07 Å². The number of halogens is 1. The van der Waals surface area contributed by atoms with Gasteiger partial charge in [0.2, 0.25) is 0 Å². The van der Waals surface area contributed by atoms with Crippen LogP contribution < -0.4 is 5.32 Å². The molecule has 1 aromatic rings. The van der Waals surface area contributed by atoms with Crippen molar-refractivity contribution in [3.05, 3.63) is 23.4 Å². The van der Waals surface area contributed by atoms with Crippen LogP contribution in [0.4, 0.5) is 5.82 Å². The maximum Gasteiger partial charge on any atom is 0.131 e. The van der Waals surface area contributed by atoms with Gasteiger partial charge in [0.05, 0.1) is 0 Å². The molecule has 2 rings (SSSR count). The van der Waals surface area contributed by atoms with Gasteiger partial charge in [-0.2, -0.15) is 0 Å². The highest BCUT2D eigenvalue weighted by molar-refractivity contribution is 6.29. The van der Waals surface area contributed by atoms with Crippen LogP contribution in [-0.2, 0) is 0 Å². The summed E-state index contributed by atoms with van der Waals surface area (Å²) in [6.07, 6.45) is 2.54. The summed E-state index contributed by atoms with van der Waals surface area (Å²) in [5.41, 5.74) is 0. The SMILES string of the molecule is CN1CCC(CNc2cccc(Cl)n2)CC1. The van der Waals surface area contributed by atoms with Crippen LogP contribution >= 0.6 is 11.6 Å². The summed E-state index contributed by atoms with van der Waals surface area (Å²) in [7, 11) is 2.18. The topological polar surface area (TPSA) is 28.2 Å². The first-order valence-corrected chi connectivity index (χ1v) is 6.17. The fourth-order valence-electron chi connectivity index (χ4n) is 2.02. The maximum atomic E-state index is 5.83. The number of hydrogen-bond acceptors (Lipinski definition) is 3. The van der Waals surface area contributed by atoms with E-state index in [0.29, 0.717) is 5.15 Å². The zero-order valence-corrected chi connectivity index (χ0v) is 10.4. The molecule has 1 aromatic heterocycles. The molecule has 16 heavy (non-hydrogen) atoms. The first kappa shape index (κ1) is 11.7. The minimum absolute atomic E-state index is 0.549. The molecule has 0 aliphatic carbocycles. The average Bonchev–Trinajstić information content (AvgIpc) is 2.28. The van der Waals surface area contributed by atoms with Crippen molar-refractivity contribution in [1.29, 1.82) is 0 Å². The molecule has 4 heteroatoms. The van der Waals surface area contributed by atoms with Gasteiger partial charge in [0.25, 0.3) is 0 Å². The molecule has 1 aliphatic rings. The largest absolute Gasteiger partial charge is 0.370 e. The smallest absolute Gasteiger partial charge is 0.131 e. The number of nitrogens with one attached hydrogen (secondary N) is 1. The third-order valence-corrected chi connectivity index (χ3v) is 3.34. The predicted octanol–water partition coefficient (Wildman–Crippen LogP) is 2.49. The highest BCUT2D eigenvalue weighted by atomic mass is 35.5. The number of hydrogen-bond donors (Lipinski definition) is 1. The van der Waals surface area contributed by atoms with Crippen LogP contribution in [0.15, 0.2) is 18.2 Å². The lowest BCUT2D eigenvalue weighted by atomic mass is 9.97. The highest BCUT2D eigenvalue weighted by Gasteiger charge is 2.16. The van der Waals surface area contributed by atoms with Crippen LogP contribution in [0.1, 0.15) is 12.8 Å². The molecule has 0 unspecified atom stereocenters. The van der Waals surface area contributed by atoms with E-state index in [1.807, 2.05) is 12.1 Å². The summed E-state index contributed by atoms with van der Waals surface area (Å²) in [6.45, 7) is 3.41. The molecular weight excluding hydrogens is 222 g/mol. The molecule has 1 saturated heterocycles. The molecule has 0 radical (unpaired) electrons. The van der Waals surface area contributed by atoms with Crippen LogP contribution in [0.5, 0.6) is 0 Å². The van der Waals surface area contributed by atoms with Crippen LogP contribution in [-0.4, -0.2) is 36.6 Å². The van der Waals surface area contributed by atoms with Crippen molar-refractivity contribution in [1.82, 2.24) is 9.88 Å². The molecule has 1 fully saturated rings. The van der Waals surface area contributed by atoms with Gasteiger partial charge in [-0.25, -0.2) is 4.98 Å². The Hall–Kier alpha value is -0.800. The Kier molecular flexibility index (Phi) is 4.02. The molecule has 0 aromatic carbocycles. The fraction of sp³-hybridized carbons (Fsp3) is 0.583. The zero-order chi connectivity index (χ0) is 11.4. The number of pyridine rings is 1. The van der Waals surface area contributed by atoms with Gasteiger partial charge < -0.3 is 10.2 Å². The summed E-state index contributed by atoms with van der Waals surface area (Å²) in [5.74, 6) is 1.64. The Labute approximate surface area is 102 Å². The monoisotopic (exact) mass is 239 g/mol. The molecule has 3 nitrogen and oxygen atoms in total. The fourth-order valence-corrected chi connectivity index (χ4v) is 2.19. The lowest BCUT2D eigenvalue weighted by Gasteiger charge is -2.29. The van der Waals surface area contributed by atoms with E-state index in [0.717, 1.165) is 18.3 Å². The molecule has 88 valence electrons. The standard InChI is InChI=1S/C12H18ClN3/c1-16-7-5-10(6-8-16)9-14-12-4-2-3-11(13)15-12/h2-4,10H,5-9H2,1H3,(H,14,15). The van der Waals surface area contributed by atoms with Gasteiger partial charge in [0.15, 0.2) is 0 Å². The number of rotatable bonds is 3. The molecule has 1 aliphatic heterocycles. The first-order chi connectivity index (χ1) is 7.74. The van der Waals surface area contributed by atoms with Gasteiger partial charge in [0, 0.05) is 6.54 Å². The molecule has 2 heterocycles. The zero-order valence-electron chi connectivity index (χ0n) is 9.62. The minimum Gasteiger partial charge on any atom is -0.370 e. The van der Waals surface area contributed by atoms with Gasteiger partial charge >= 0.3 is 0 Å². The lowest BCUT2D eigenvalue weighted by Crippen LogP contribution is -2.33. The minimum atomic E-state index is 0.549. The van der Waals surface area contributed by atoms with Crippen molar-refractivity contribution in [2.45, 2.75) is 12.8 Å². The van der Waals surface area contributed by atoms with E-state index in [2.05, 4.69) is 22.2 Å². The second-order valence-corrected chi connectivity index (χ2v) is 4.86. The van der Waals surface area contributed by atoms with Crippen molar-refractivity contribution < 1.29 is 0 Å². The van der Waals surface area contributed by atoms with Crippen molar-refractivity contribution in [2.24, 2.45) is 5.92 Å². The van der Waals surface area contributed by atoms with Crippen molar-refractivity contribution in [3.8, 4) is 0 Å². The Morgan fingerprint density at radius 1 is 1.44 bits per heavy atom. The quantitative estimate of drug-likeness (QED) is 0.822. The van der Waals surface area contributed by atoms with E-state index in [1.165, 1.54) is 25.9 Å². The number of likely N-dealkylation sites (tertiary alicyclic amines) is 1. The van der Waals surface area contributed by atoms with Crippen LogP contribution in [0.3, 0.4) is 0 Å². The summed E-state index contributed by atoms with van der Waals surface area (Å²) in [6, 6.07) is 5.68. The highest BCUT2D eigenvalue weighted by Crippen LogP contribution is 2.17. The third kappa shape index (κ3) is 3.35. The average molecular weight is 240 g/mol. The molecular formula is C12H18ClN3. The third-order valence-electron chi connectivity index (χ3n) is 3.13. The molecule has 0 amide bonds. The number of piperidine rings is 1. The lowest BCUT2D eigenvalue weighted by molar-refractivity contribution is 0.226. The van der Waals surface area contributed by atoms with Crippen LogP contribution in [0, 0.1) is 5.92 Å². The van der Waals surface area contributed by atoms with Gasteiger partial charge in [0.1, 0.15) is 11.0 Å². The summed E-state index contributed by atoms with van der Waals surface area (Å²) in [5, 5.41) is 3.91. The van der Waals surface area contributed by atoms with Gasteiger partial charge in [-0.05, 0) is 51.0 Å². The van der Waals surface area contributed by atoms with Gasteiger partial charge in [-0.3, -0.25) is 0 Å². The first-order valence-electron chi connectivity index (χ1n) is 5.79. The second-order valence-electron chi connectivity index (χ2n) is 4.47. The van der Waals surface area contributed by atoms with E-state index < -0.39 is 0 Å². The van der Waals surface area contributed by atoms with Gasteiger partial charge in [-0.15, -0.1) is 0 Å². The predicted molar refractivity (Wildman–Crippen MR) is 68.0 cm³/mol. The number of nitrogens with zero attached hydrogens (tertiary/aromatic N) is 2. The van der Waals surface area contributed by atoms with E-state index in [4.69, 9.17) is 11.6 Å². The molecule has 0 bridgehead atoms. The Morgan fingerprint density at radius 2 is 2.19 bits per heavy atom. The molecule has 1 N–H and O–H groups in total. The van der Waals surface area contributed by atoms with Crippen molar-refractivity contribution in [3.63, 3.8) is 0 Å². The summed E-state index contributed by atoms with van der Waals surface area (Å²) >= 11 is 5.83. The van der Waals surface area contributed by atoms with Crippen LogP contribution in [0.2, 0.25) is 5.15 Å². The van der Waals surface area contributed by atoms with E-state index in [9.17, 15) is 0 Å². The second kappa shape index (κ2) is 5.51. The normalized spacial score (nSPS) is 18.6. The Bertz CT molecular complexity index is 335. The summed E-state index contributed by atoms with van der Waals surface area (Å²) < 4.78 is 0. The van der Waals surface area contributed by atoms with Gasteiger partial charge in [-0.1, -0.05) is 17.7 Å². The van der Waals surface area contributed by atoms with Crippen LogP contribution in [0.25, 0.3) is 0 Å².